The Balaban J connectivity index is 2.40. The van der Waals surface area contributed by atoms with Crippen LogP contribution in [0.3, 0.4) is 0 Å². The quantitative estimate of drug-likeness (QED) is 0.439. The second-order valence-electron chi connectivity index (χ2n) is 3.96. The van der Waals surface area contributed by atoms with E-state index in [9.17, 15) is 4.79 Å². The van der Waals surface area contributed by atoms with E-state index in [4.69, 9.17) is 4.74 Å². The molecule has 0 saturated heterocycles. The Morgan fingerprint density at radius 2 is 1.94 bits per heavy atom. The van der Waals surface area contributed by atoms with Gasteiger partial charge in [-0.25, -0.2) is 4.79 Å². The first-order valence-corrected chi connectivity index (χ1v) is 5.66. The predicted molar refractivity (Wildman–Crippen MR) is 70.5 cm³/mol. The van der Waals surface area contributed by atoms with Crippen molar-refractivity contribution in [3.05, 3.63) is 54.1 Å². The van der Waals surface area contributed by atoms with Crippen molar-refractivity contribution in [2.24, 2.45) is 0 Å². The lowest BCUT2D eigenvalue weighted by Crippen LogP contribution is -2.05. The maximum absolute atomic E-state index is 11.1. The molecule has 0 heterocycles. The molecule has 0 unspecified atom stereocenters. The molecule has 0 bridgehead atoms. The molecule has 0 atom stereocenters. The van der Waals surface area contributed by atoms with E-state index in [0.29, 0.717) is 12.2 Å². The van der Waals surface area contributed by atoms with Gasteiger partial charge in [0.25, 0.3) is 0 Å². The van der Waals surface area contributed by atoms with Crippen LogP contribution >= 0.6 is 0 Å². The third kappa shape index (κ3) is 4.68. The zero-order valence-corrected chi connectivity index (χ0v) is 10.4. The van der Waals surface area contributed by atoms with Crippen LogP contribution in [0, 0.1) is 0 Å². The Morgan fingerprint density at radius 1 is 1.29 bits per heavy atom. The normalized spacial score (nSPS) is 11.1. The molecule has 2 nitrogen and oxygen atoms in total. The standard InChI is InChI=1S/C15H18O2/c1-12(2)15(16)17-11-7-8-13(3)14-9-5-4-6-10-14/h4-6,8-10H,1,7,11H2,2-3H3. The molecule has 1 rings (SSSR count). The van der Waals surface area contributed by atoms with Crippen molar-refractivity contribution in [2.45, 2.75) is 20.3 Å². The van der Waals surface area contributed by atoms with Crippen LogP contribution in [0.5, 0.6) is 0 Å². The Labute approximate surface area is 103 Å². The molecule has 0 spiro atoms. The first-order valence-electron chi connectivity index (χ1n) is 5.66. The Kier molecular flexibility index (Phi) is 5.21. The minimum Gasteiger partial charge on any atom is -0.462 e. The first kappa shape index (κ1) is 13.2. The van der Waals surface area contributed by atoms with Gasteiger partial charge in [-0.1, -0.05) is 43.0 Å². The summed E-state index contributed by atoms with van der Waals surface area (Å²) in [6, 6.07) is 10.1. The maximum Gasteiger partial charge on any atom is 0.333 e. The molecule has 0 aliphatic carbocycles. The van der Waals surface area contributed by atoms with Crippen LogP contribution in [0.4, 0.5) is 0 Å². The number of hydrogen-bond donors (Lipinski definition) is 0. The Hall–Kier alpha value is -1.83. The number of ether oxygens (including phenoxy) is 1. The van der Waals surface area contributed by atoms with Crippen LogP contribution in [-0.4, -0.2) is 12.6 Å². The van der Waals surface area contributed by atoms with Crippen LogP contribution in [-0.2, 0) is 9.53 Å². The van der Waals surface area contributed by atoms with Crippen molar-refractivity contribution in [1.29, 1.82) is 0 Å². The van der Waals surface area contributed by atoms with E-state index < -0.39 is 0 Å². The smallest absolute Gasteiger partial charge is 0.333 e. The fourth-order valence-corrected chi connectivity index (χ4v) is 1.37. The lowest BCUT2D eigenvalue weighted by molar-refractivity contribution is -0.138. The number of carbonyl (C=O) groups is 1. The average Bonchev–Trinajstić information content (AvgIpc) is 2.35. The second-order valence-corrected chi connectivity index (χ2v) is 3.96. The number of carbonyl (C=O) groups excluding carboxylic acids is 1. The number of rotatable bonds is 5. The highest BCUT2D eigenvalue weighted by molar-refractivity contribution is 5.86. The largest absolute Gasteiger partial charge is 0.462 e. The van der Waals surface area contributed by atoms with Gasteiger partial charge in [-0.05, 0) is 25.0 Å². The van der Waals surface area contributed by atoms with E-state index in [1.54, 1.807) is 6.92 Å². The SMILES string of the molecule is C=C(C)C(=O)OCCC=C(C)c1ccccc1. The van der Waals surface area contributed by atoms with Crippen LogP contribution in [0.2, 0.25) is 0 Å². The summed E-state index contributed by atoms with van der Waals surface area (Å²) in [6.45, 7) is 7.62. The molecule has 1 aromatic rings. The molecule has 17 heavy (non-hydrogen) atoms. The molecule has 0 aromatic heterocycles. The molecule has 0 aliphatic heterocycles. The van der Waals surface area contributed by atoms with Gasteiger partial charge in [-0.15, -0.1) is 0 Å². The summed E-state index contributed by atoms with van der Waals surface area (Å²) in [6.07, 6.45) is 2.79. The molecule has 0 fully saturated rings. The van der Waals surface area contributed by atoms with Gasteiger partial charge in [0.2, 0.25) is 0 Å². The molecule has 0 radical (unpaired) electrons. The average molecular weight is 230 g/mol. The fraction of sp³-hybridized carbons (Fsp3) is 0.267. The van der Waals surface area contributed by atoms with Crippen molar-refractivity contribution in [3.63, 3.8) is 0 Å². The van der Waals surface area contributed by atoms with E-state index >= 15 is 0 Å². The first-order chi connectivity index (χ1) is 8.11. The summed E-state index contributed by atoms with van der Waals surface area (Å²) >= 11 is 0. The van der Waals surface area contributed by atoms with Gasteiger partial charge in [0.15, 0.2) is 0 Å². The molecule has 2 heteroatoms. The van der Waals surface area contributed by atoms with E-state index in [-0.39, 0.29) is 5.97 Å². The fourth-order valence-electron chi connectivity index (χ4n) is 1.37. The lowest BCUT2D eigenvalue weighted by atomic mass is 10.1. The zero-order valence-electron chi connectivity index (χ0n) is 10.4. The van der Waals surface area contributed by atoms with E-state index in [2.05, 4.69) is 31.7 Å². The summed E-state index contributed by atoms with van der Waals surface area (Å²) in [7, 11) is 0. The van der Waals surface area contributed by atoms with Crippen LogP contribution in [0.15, 0.2) is 48.6 Å². The third-order valence-corrected chi connectivity index (χ3v) is 2.38. The van der Waals surface area contributed by atoms with Crippen molar-refractivity contribution < 1.29 is 9.53 Å². The highest BCUT2D eigenvalue weighted by Gasteiger charge is 2.01. The molecule has 90 valence electrons. The molecular formula is C15H18O2. The van der Waals surface area contributed by atoms with Gasteiger partial charge in [-0.2, -0.15) is 0 Å². The monoisotopic (exact) mass is 230 g/mol. The Morgan fingerprint density at radius 3 is 2.53 bits per heavy atom. The highest BCUT2D eigenvalue weighted by Crippen LogP contribution is 2.13. The summed E-state index contributed by atoms with van der Waals surface area (Å²) in [5.41, 5.74) is 2.82. The van der Waals surface area contributed by atoms with Crippen molar-refractivity contribution in [1.82, 2.24) is 0 Å². The summed E-state index contributed by atoms with van der Waals surface area (Å²) in [5.74, 6) is -0.323. The summed E-state index contributed by atoms with van der Waals surface area (Å²) in [5, 5.41) is 0. The topological polar surface area (TPSA) is 26.3 Å². The number of esters is 1. The Bertz CT molecular complexity index is 416. The van der Waals surface area contributed by atoms with Crippen LogP contribution < -0.4 is 0 Å². The van der Waals surface area contributed by atoms with Crippen molar-refractivity contribution >= 4 is 11.5 Å². The van der Waals surface area contributed by atoms with Gasteiger partial charge in [0, 0.05) is 12.0 Å². The van der Waals surface area contributed by atoms with Gasteiger partial charge < -0.3 is 4.74 Å². The summed E-state index contributed by atoms with van der Waals surface area (Å²) in [4.78, 5) is 11.1. The number of hydrogen-bond acceptors (Lipinski definition) is 2. The summed E-state index contributed by atoms with van der Waals surface area (Å²) < 4.78 is 5.01. The van der Waals surface area contributed by atoms with Crippen LogP contribution in [0.25, 0.3) is 5.57 Å². The second kappa shape index (κ2) is 6.69. The van der Waals surface area contributed by atoms with Crippen molar-refractivity contribution in [2.75, 3.05) is 6.61 Å². The van der Waals surface area contributed by atoms with Gasteiger partial charge in [0.1, 0.15) is 0 Å². The van der Waals surface area contributed by atoms with Gasteiger partial charge in [-0.3, -0.25) is 0 Å². The maximum atomic E-state index is 11.1. The van der Waals surface area contributed by atoms with Gasteiger partial charge in [0.05, 0.1) is 6.61 Å². The molecule has 0 N–H and O–H groups in total. The molecule has 1 aromatic carbocycles. The number of allylic oxidation sites excluding steroid dienone is 1. The molecule has 0 aliphatic rings. The van der Waals surface area contributed by atoms with Gasteiger partial charge >= 0.3 is 5.97 Å². The lowest BCUT2D eigenvalue weighted by Gasteiger charge is -2.03. The molecule has 0 saturated carbocycles. The molecule has 0 amide bonds. The zero-order chi connectivity index (χ0) is 12.7. The molecular weight excluding hydrogens is 212 g/mol. The minimum atomic E-state index is -0.323. The number of benzene rings is 1. The highest BCUT2D eigenvalue weighted by atomic mass is 16.5. The van der Waals surface area contributed by atoms with Crippen LogP contribution in [0.1, 0.15) is 25.8 Å². The van der Waals surface area contributed by atoms with E-state index in [1.807, 2.05) is 18.2 Å². The van der Waals surface area contributed by atoms with Crippen molar-refractivity contribution in [3.8, 4) is 0 Å². The van der Waals surface area contributed by atoms with E-state index in [0.717, 1.165) is 6.42 Å². The minimum absolute atomic E-state index is 0.323. The third-order valence-electron chi connectivity index (χ3n) is 2.38. The predicted octanol–water partition coefficient (Wildman–Crippen LogP) is 3.60. The van der Waals surface area contributed by atoms with E-state index in [1.165, 1.54) is 11.1 Å².